The van der Waals surface area contributed by atoms with Crippen molar-refractivity contribution in [3.8, 4) is 11.4 Å². The zero-order chi connectivity index (χ0) is 23.4. The lowest BCUT2D eigenvalue weighted by atomic mass is 10.1. The third-order valence-corrected chi connectivity index (χ3v) is 5.81. The third-order valence-electron chi connectivity index (χ3n) is 5.59. The van der Waals surface area contributed by atoms with Gasteiger partial charge in [-0.2, -0.15) is 4.98 Å². The van der Waals surface area contributed by atoms with E-state index in [1.165, 1.54) is 6.34 Å². The molecular formula is C23H29ClN8O. The second-order valence-corrected chi connectivity index (χ2v) is 8.95. The van der Waals surface area contributed by atoms with Gasteiger partial charge >= 0.3 is 0 Å². The Morgan fingerprint density at radius 1 is 1.33 bits per heavy atom. The highest BCUT2D eigenvalue weighted by Crippen LogP contribution is 2.29. The number of benzene rings is 1. The Bertz CT molecular complexity index is 1140. The lowest BCUT2D eigenvalue weighted by molar-refractivity contribution is 0.205. The van der Waals surface area contributed by atoms with Crippen molar-refractivity contribution >= 4 is 29.5 Å². The topological polar surface area (TPSA) is 135 Å². The molecule has 1 saturated heterocycles. The second-order valence-electron chi connectivity index (χ2n) is 8.51. The van der Waals surface area contributed by atoms with E-state index in [9.17, 15) is 0 Å². The Kier molecular flexibility index (Phi) is 7.22. The molecule has 174 valence electrons. The first-order valence-corrected chi connectivity index (χ1v) is 11.4. The fourth-order valence-electron chi connectivity index (χ4n) is 3.79. The average molecular weight is 469 g/mol. The number of aromatic nitrogens is 3. The number of nitrogens with two attached hydrogens (primary N) is 2. The van der Waals surface area contributed by atoms with E-state index in [-0.39, 0.29) is 5.92 Å². The molecule has 0 spiro atoms. The molecule has 0 unspecified atom stereocenters. The highest BCUT2D eigenvalue weighted by atomic mass is 35.5. The SMILES string of the molecule is CC(C)c1nc(-c2cc(Cl)cc(N=C(N=CN)c3[nH]ccc3CN3CCC(N)CC3)c2)no1. The molecule has 0 radical (unpaired) electrons. The molecule has 0 amide bonds. The van der Waals surface area contributed by atoms with Gasteiger partial charge in [0, 0.05) is 35.3 Å². The van der Waals surface area contributed by atoms with E-state index in [0.29, 0.717) is 39.9 Å². The van der Waals surface area contributed by atoms with Crippen LogP contribution in [-0.2, 0) is 6.54 Å². The number of H-pyrrole nitrogens is 1. The maximum Gasteiger partial charge on any atom is 0.229 e. The average Bonchev–Trinajstić information content (AvgIpc) is 3.45. The second kappa shape index (κ2) is 10.3. The quantitative estimate of drug-likeness (QED) is 0.371. The number of aliphatic imine (C=N–C) groups is 2. The van der Waals surface area contributed by atoms with Gasteiger partial charge in [0.05, 0.1) is 17.7 Å². The zero-order valence-electron chi connectivity index (χ0n) is 18.8. The summed E-state index contributed by atoms with van der Waals surface area (Å²) in [6.45, 7) is 6.72. The number of halogens is 1. The van der Waals surface area contributed by atoms with Crippen molar-refractivity contribution in [2.45, 2.75) is 45.2 Å². The fourth-order valence-corrected chi connectivity index (χ4v) is 4.02. The molecule has 0 aliphatic carbocycles. The number of piperidine rings is 1. The molecule has 3 heterocycles. The Hall–Kier alpha value is -3.01. The van der Waals surface area contributed by atoms with E-state index in [2.05, 4.69) is 25.0 Å². The lowest BCUT2D eigenvalue weighted by Crippen LogP contribution is -2.39. The molecule has 1 fully saturated rings. The minimum atomic E-state index is 0.135. The number of hydrogen-bond acceptors (Lipinski definition) is 6. The van der Waals surface area contributed by atoms with Crippen LogP contribution >= 0.6 is 11.6 Å². The maximum atomic E-state index is 6.38. The highest BCUT2D eigenvalue weighted by molar-refractivity contribution is 6.31. The van der Waals surface area contributed by atoms with Gasteiger partial charge in [-0.25, -0.2) is 9.98 Å². The Morgan fingerprint density at radius 3 is 2.82 bits per heavy atom. The van der Waals surface area contributed by atoms with Crippen LogP contribution in [0.4, 0.5) is 5.69 Å². The summed E-state index contributed by atoms with van der Waals surface area (Å²) in [7, 11) is 0. The first-order valence-electron chi connectivity index (χ1n) is 11.0. The van der Waals surface area contributed by atoms with E-state index >= 15 is 0 Å². The zero-order valence-corrected chi connectivity index (χ0v) is 19.6. The predicted molar refractivity (Wildman–Crippen MR) is 131 cm³/mol. The minimum Gasteiger partial charge on any atom is -0.390 e. The minimum absolute atomic E-state index is 0.135. The predicted octanol–water partition coefficient (Wildman–Crippen LogP) is 3.83. The van der Waals surface area contributed by atoms with Gasteiger partial charge in [0.1, 0.15) is 0 Å². The van der Waals surface area contributed by atoms with Crippen molar-refractivity contribution in [2.75, 3.05) is 13.1 Å². The summed E-state index contributed by atoms with van der Waals surface area (Å²) < 4.78 is 5.34. The largest absolute Gasteiger partial charge is 0.390 e. The molecule has 2 aromatic heterocycles. The van der Waals surface area contributed by atoms with Crippen LogP contribution in [0, 0.1) is 0 Å². The standard InChI is InChI=1S/C23H29ClN8O/c1-14(2)23-30-21(31-33-23)16-9-17(24)11-19(10-16)29-22(28-13-25)20-15(3-6-27-20)12-32-7-4-18(26)5-8-32/h3,6,9-11,13-14,18,27H,4-5,7-8,12,26H2,1-2H3,(H2,25,28,29). The van der Waals surface area contributed by atoms with Crippen LogP contribution in [0.5, 0.6) is 0 Å². The van der Waals surface area contributed by atoms with Crippen molar-refractivity contribution in [1.29, 1.82) is 0 Å². The van der Waals surface area contributed by atoms with Gasteiger partial charge in [-0.3, -0.25) is 4.90 Å². The molecule has 5 N–H and O–H groups in total. The van der Waals surface area contributed by atoms with Gasteiger partial charge < -0.3 is 21.0 Å². The summed E-state index contributed by atoms with van der Waals surface area (Å²) in [5, 5.41) is 4.59. The summed E-state index contributed by atoms with van der Waals surface area (Å²) in [6.07, 6.45) is 5.13. The van der Waals surface area contributed by atoms with E-state index in [0.717, 1.165) is 43.7 Å². The molecular weight excluding hydrogens is 440 g/mol. The summed E-state index contributed by atoms with van der Waals surface area (Å²) in [4.78, 5) is 19.2. The van der Waals surface area contributed by atoms with Crippen LogP contribution in [0.15, 0.2) is 45.0 Å². The summed E-state index contributed by atoms with van der Waals surface area (Å²) in [5.41, 5.74) is 14.9. The number of nitrogens with one attached hydrogen (secondary N) is 1. The van der Waals surface area contributed by atoms with E-state index in [4.69, 9.17) is 32.6 Å². The lowest BCUT2D eigenvalue weighted by Gasteiger charge is -2.30. The van der Waals surface area contributed by atoms with Crippen molar-refractivity contribution in [1.82, 2.24) is 20.0 Å². The molecule has 1 aliphatic rings. The van der Waals surface area contributed by atoms with Crippen molar-refractivity contribution < 1.29 is 4.52 Å². The van der Waals surface area contributed by atoms with Crippen LogP contribution in [-0.4, -0.2) is 51.3 Å². The van der Waals surface area contributed by atoms with Crippen LogP contribution in [0.1, 0.15) is 49.8 Å². The number of amidine groups is 1. The molecule has 0 saturated carbocycles. The molecule has 0 atom stereocenters. The van der Waals surface area contributed by atoms with Gasteiger partial charge in [0.15, 0.2) is 5.84 Å². The van der Waals surface area contributed by atoms with Crippen molar-refractivity contribution in [3.05, 3.63) is 52.6 Å². The molecule has 1 aliphatic heterocycles. The molecule has 10 heteroatoms. The Morgan fingerprint density at radius 2 is 2.12 bits per heavy atom. The smallest absolute Gasteiger partial charge is 0.229 e. The van der Waals surface area contributed by atoms with Gasteiger partial charge in [-0.15, -0.1) is 0 Å². The van der Waals surface area contributed by atoms with Gasteiger partial charge in [-0.05, 0) is 55.8 Å². The normalized spacial score (nSPS) is 16.3. The van der Waals surface area contributed by atoms with Gasteiger partial charge in [0.25, 0.3) is 0 Å². The maximum absolute atomic E-state index is 6.38. The fraction of sp³-hybridized carbons (Fsp3) is 0.391. The van der Waals surface area contributed by atoms with Crippen LogP contribution in [0.25, 0.3) is 11.4 Å². The molecule has 0 bridgehead atoms. The number of rotatable bonds is 6. The van der Waals surface area contributed by atoms with Gasteiger partial charge in [-0.1, -0.05) is 30.6 Å². The molecule has 33 heavy (non-hydrogen) atoms. The molecule has 1 aromatic carbocycles. The highest BCUT2D eigenvalue weighted by Gasteiger charge is 2.19. The summed E-state index contributed by atoms with van der Waals surface area (Å²) in [6, 6.07) is 7.72. The Balaban J connectivity index is 1.64. The number of likely N-dealkylation sites (tertiary alicyclic amines) is 1. The molecule has 3 aromatic rings. The molecule has 4 rings (SSSR count). The van der Waals surface area contributed by atoms with Crippen LogP contribution in [0.3, 0.4) is 0 Å². The van der Waals surface area contributed by atoms with E-state index in [1.54, 1.807) is 12.1 Å². The van der Waals surface area contributed by atoms with E-state index < -0.39 is 0 Å². The van der Waals surface area contributed by atoms with Crippen molar-refractivity contribution in [2.24, 2.45) is 21.5 Å². The number of nitrogens with zero attached hydrogens (tertiary/aromatic N) is 5. The number of aromatic amines is 1. The first-order chi connectivity index (χ1) is 15.9. The van der Waals surface area contributed by atoms with Crippen molar-refractivity contribution in [3.63, 3.8) is 0 Å². The first kappa shape index (κ1) is 23.2. The van der Waals surface area contributed by atoms with Crippen LogP contribution < -0.4 is 11.5 Å². The van der Waals surface area contributed by atoms with Crippen LogP contribution in [0.2, 0.25) is 5.02 Å². The number of hydrogen-bond donors (Lipinski definition) is 3. The Labute approximate surface area is 197 Å². The monoisotopic (exact) mass is 468 g/mol. The third kappa shape index (κ3) is 5.68. The molecule has 9 nitrogen and oxygen atoms in total. The van der Waals surface area contributed by atoms with Gasteiger partial charge in [0.2, 0.25) is 11.7 Å². The summed E-state index contributed by atoms with van der Waals surface area (Å²) in [5.74, 6) is 1.63. The summed E-state index contributed by atoms with van der Waals surface area (Å²) >= 11 is 6.38. The van der Waals surface area contributed by atoms with E-state index in [1.807, 2.05) is 32.2 Å².